The molecule has 5 rings (SSSR count). The predicted molar refractivity (Wildman–Crippen MR) is 109 cm³/mol. The van der Waals surface area contributed by atoms with Crippen molar-refractivity contribution in [1.29, 1.82) is 0 Å². The van der Waals surface area contributed by atoms with Crippen LogP contribution in [0.3, 0.4) is 0 Å². The van der Waals surface area contributed by atoms with Crippen LogP contribution < -0.4 is 9.80 Å². The molecule has 7 nitrogen and oxygen atoms in total. The van der Waals surface area contributed by atoms with Gasteiger partial charge in [0.25, 0.3) is 5.91 Å². The molecule has 7 heteroatoms. The van der Waals surface area contributed by atoms with Crippen LogP contribution in [-0.2, 0) is 0 Å². The lowest BCUT2D eigenvalue weighted by molar-refractivity contribution is 0.0946. The van der Waals surface area contributed by atoms with Crippen LogP contribution in [0.1, 0.15) is 28.8 Å². The average molecular weight is 378 g/mol. The van der Waals surface area contributed by atoms with Crippen LogP contribution in [0, 0.1) is 6.92 Å². The Hall–Kier alpha value is -2.51. The molecule has 2 aliphatic heterocycles. The van der Waals surface area contributed by atoms with Crippen molar-refractivity contribution in [3.05, 3.63) is 41.7 Å². The van der Waals surface area contributed by atoms with E-state index in [9.17, 15) is 4.79 Å². The largest absolute Gasteiger partial charge is 0.305 e. The summed E-state index contributed by atoms with van der Waals surface area (Å²) in [6.07, 6.45) is 5.83. The van der Waals surface area contributed by atoms with Gasteiger partial charge in [0, 0.05) is 44.6 Å². The molecule has 0 radical (unpaired) electrons. The molecule has 0 bridgehead atoms. The SMILES string of the molecule is Cc1ccnc2c1N(CN1CCN(C)CC1)C(=O)c1cccnc1N2C1CC1. The van der Waals surface area contributed by atoms with Gasteiger partial charge in [0.2, 0.25) is 0 Å². The summed E-state index contributed by atoms with van der Waals surface area (Å²) in [6.45, 7) is 6.61. The first-order valence-corrected chi connectivity index (χ1v) is 10.1. The van der Waals surface area contributed by atoms with E-state index in [-0.39, 0.29) is 5.91 Å². The van der Waals surface area contributed by atoms with Crippen molar-refractivity contribution in [3.63, 3.8) is 0 Å². The molecule has 0 atom stereocenters. The lowest BCUT2D eigenvalue weighted by Gasteiger charge is -2.36. The standard InChI is InChI=1S/C21H26N6O/c1-15-7-9-23-20-18(15)26(14-25-12-10-24(2)11-13-25)21(28)17-4-3-8-22-19(17)27(20)16-5-6-16/h3-4,7-9,16H,5-6,10-14H2,1-2H3. The average Bonchev–Trinajstić information content (AvgIpc) is 3.53. The number of rotatable bonds is 3. The quantitative estimate of drug-likeness (QED) is 0.817. The Kier molecular flexibility index (Phi) is 4.29. The highest BCUT2D eigenvalue weighted by molar-refractivity contribution is 6.13. The molecule has 2 aromatic heterocycles. The fourth-order valence-corrected chi connectivity index (χ4v) is 4.15. The number of nitrogens with zero attached hydrogens (tertiary/aromatic N) is 6. The Bertz CT molecular complexity index is 904. The number of likely N-dealkylation sites (N-methyl/N-ethyl adjacent to an activating group) is 1. The summed E-state index contributed by atoms with van der Waals surface area (Å²) >= 11 is 0. The molecule has 1 amide bonds. The highest BCUT2D eigenvalue weighted by Crippen LogP contribution is 2.45. The van der Waals surface area contributed by atoms with Gasteiger partial charge in [-0.2, -0.15) is 0 Å². The van der Waals surface area contributed by atoms with Crippen molar-refractivity contribution in [1.82, 2.24) is 19.8 Å². The second-order valence-electron chi connectivity index (χ2n) is 8.07. The van der Waals surface area contributed by atoms with Crippen LogP contribution in [-0.4, -0.2) is 71.6 Å². The molecule has 1 saturated carbocycles. The Labute approximate surface area is 165 Å². The topological polar surface area (TPSA) is 55.8 Å². The Morgan fingerprint density at radius 2 is 1.79 bits per heavy atom. The number of amides is 1. The first kappa shape index (κ1) is 17.6. The normalized spacial score (nSPS) is 20.7. The maximum atomic E-state index is 13.7. The van der Waals surface area contributed by atoms with Crippen LogP contribution in [0.25, 0.3) is 0 Å². The van der Waals surface area contributed by atoms with Gasteiger partial charge in [0.1, 0.15) is 5.82 Å². The van der Waals surface area contributed by atoms with Gasteiger partial charge < -0.3 is 9.80 Å². The third kappa shape index (κ3) is 2.95. The predicted octanol–water partition coefficient (Wildman–Crippen LogP) is 2.25. The number of carbonyl (C=O) groups excluding carboxylic acids is 1. The molecule has 4 heterocycles. The van der Waals surface area contributed by atoms with Gasteiger partial charge in [-0.1, -0.05) is 0 Å². The van der Waals surface area contributed by atoms with Crippen molar-refractivity contribution in [3.8, 4) is 0 Å². The van der Waals surface area contributed by atoms with Crippen molar-refractivity contribution >= 4 is 23.2 Å². The summed E-state index contributed by atoms with van der Waals surface area (Å²) < 4.78 is 0. The lowest BCUT2D eigenvalue weighted by atomic mass is 10.2. The molecule has 146 valence electrons. The summed E-state index contributed by atoms with van der Waals surface area (Å²) in [4.78, 5) is 31.8. The van der Waals surface area contributed by atoms with E-state index in [1.165, 1.54) is 0 Å². The Morgan fingerprint density at radius 1 is 1.04 bits per heavy atom. The Morgan fingerprint density at radius 3 is 2.54 bits per heavy atom. The van der Waals surface area contributed by atoms with E-state index in [0.717, 1.165) is 61.9 Å². The van der Waals surface area contributed by atoms with Gasteiger partial charge in [-0.15, -0.1) is 0 Å². The van der Waals surface area contributed by atoms with Crippen LogP contribution in [0.2, 0.25) is 0 Å². The molecule has 0 aromatic carbocycles. The Balaban J connectivity index is 1.62. The molecular weight excluding hydrogens is 352 g/mol. The van der Waals surface area contributed by atoms with Crippen molar-refractivity contribution in [2.45, 2.75) is 25.8 Å². The smallest absolute Gasteiger partial charge is 0.263 e. The van der Waals surface area contributed by atoms with Crippen molar-refractivity contribution in [2.24, 2.45) is 0 Å². The number of carbonyl (C=O) groups is 1. The van der Waals surface area contributed by atoms with E-state index in [1.807, 2.05) is 29.3 Å². The molecule has 2 aromatic rings. The third-order valence-corrected chi connectivity index (χ3v) is 5.94. The number of hydrogen-bond donors (Lipinski definition) is 0. The zero-order valence-corrected chi connectivity index (χ0v) is 16.5. The van der Waals surface area contributed by atoms with Gasteiger partial charge in [0.05, 0.1) is 17.9 Å². The van der Waals surface area contributed by atoms with Gasteiger partial charge >= 0.3 is 0 Å². The van der Waals surface area contributed by atoms with E-state index < -0.39 is 0 Å². The molecule has 0 N–H and O–H groups in total. The lowest BCUT2D eigenvalue weighted by Crippen LogP contribution is -2.50. The molecular formula is C21H26N6O. The number of pyridine rings is 2. The summed E-state index contributed by atoms with van der Waals surface area (Å²) in [5, 5.41) is 0. The van der Waals surface area contributed by atoms with E-state index in [2.05, 4.69) is 33.7 Å². The fraction of sp³-hybridized carbons (Fsp3) is 0.476. The first-order chi connectivity index (χ1) is 13.6. The van der Waals surface area contributed by atoms with Crippen molar-refractivity contribution in [2.75, 3.05) is 49.7 Å². The van der Waals surface area contributed by atoms with E-state index in [0.29, 0.717) is 18.3 Å². The molecule has 28 heavy (non-hydrogen) atoms. The summed E-state index contributed by atoms with van der Waals surface area (Å²) in [6, 6.07) is 6.13. The summed E-state index contributed by atoms with van der Waals surface area (Å²) in [5.74, 6) is 1.63. The molecule has 0 spiro atoms. The van der Waals surface area contributed by atoms with Gasteiger partial charge in [-0.05, 0) is 50.6 Å². The van der Waals surface area contributed by atoms with Crippen LogP contribution in [0.4, 0.5) is 17.3 Å². The number of fused-ring (bicyclic) bond motifs is 2. The minimum absolute atomic E-state index is 0.0162. The third-order valence-electron chi connectivity index (χ3n) is 5.94. The second-order valence-corrected chi connectivity index (χ2v) is 8.07. The van der Waals surface area contributed by atoms with Gasteiger partial charge in [-0.3, -0.25) is 14.6 Å². The highest BCUT2D eigenvalue weighted by Gasteiger charge is 2.41. The van der Waals surface area contributed by atoms with E-state index in [4.69, 9.17) is 4.98 Å². The van der Waals surface area contributed by atoms with Crippen LogP contribution >= 0.6 is 0 Å². The number of hydrogen-bond acceptors (Lipinski definition) is 6. The first-order valence-electron chi connectivity index (χ1n) is 10.1. The fourth-order valence-electron chi connectivity index (χ4n) is 4.15. The van der Waals surface area contributed by atoms with Crippen LogP contribution in [0.5, 0.6) is 0 Å². The minimum Gasteiger partial charge on any atom is -0.305 e. The zero-order valence-electron chi connectivity index (χ0n) is 16.5. The molecule has 3 aliphatic rings. The maximum Gasteiger partial charge on any atom is 0.263 e. The summed E-state index contributed by atoms with van der Waals surface area (Å²) in [5.41, 5.74) is 2.67. The van der Waals surface area contributed by atoms with Gasteiger partial charge in [0.15, 0.2) is 5.82 Å². The number of anilines is 3. The molecule has 1 saturated heterocycles. The van der Waals surface area contributed by atoms with E-state index >= 15 is 0 Å². The van der Waals surface area contributed by atoms with Gasteiger partial charge in [-0.25, -0.2) is 9.97 Å². The molecule has 0 unspecified atom stereocenters. The minimum atomic E-state index is 0.0162. The van der Waals surface area contributed by atoms with Crippen molar-refractivity contribution < 1.29 is 4.79 Å². The monoisotopic (exact) mass is 378 g/mol. The zero-order chi connectivity index (χ0) is 19.3. The van der Waals surface area contributed by atoms with Crippen LogP contribution in [0.15, 0.2) is 30.6 Å². The molecule has 2 fully saturated rings. The molecule has 1 aliphatic carbocycles. The number of aromatic nitrogens is 2. The number of piperazine rings is 1. The van der Waals surface area contributed by atoms with E-state index in [1.54, 1.807) is 6.20 Å². The number of aryl methyl sites for hydroxylation is 1. The second kappa shape index (κ2) is 6.83. The summed E-state index contributed by atoms with van der Waals surface area (Å²) in [7, 11) is 2.15. The highest BCUT2D eigenvalue weighted by atomic mass is 16.2. The maximum absolute atomic E-state index is 13.7.